The van der Waals surface area contributed by atoms with Gasteiger partial charge in [-0.2, -0.15) is 0 Å². The van der Waals surface area contributed by atoms with Crippen molar-refractivity contribution in [3.63, 3.8) is 0 Å². The van der Waals surface area contributed by atoms with Gasteiger partial charge in [-0.3, -0.25) is 10.1 Å². The van der Waals surface area contributed by atoms with Crippen molar-refractivity contribution in [3.05, 3.63) is 28.3 Å². The molecule has 118 valence electrons. The molecule has 0 saturated carbocycles. The molecular formula is C13H21N3O4S. The monoisotopic (exact) mass is 315 g/mol. The van der Waals surface area contributed by atoms with E-state index in [-0.39, 0.29) is 22.3 Å². The van der Waals surface area contributed by atoms with Gasteiger partial charge in [-0.15, -0.1) is 0 Å². The van der Waals surface area contributed by atoms with E-state index >= 15 is 0 Å². The van der Waals surface area contributed by atoms with Crippen LogP contribution in [0.5, 0.6) is 0 Å². The molecule has 1 aromatic carbocycles. The van der Waals surface area contributed by atoms with Crippen LogP contribution in [-0.2, 0) is 10.0 Å². The first kappa shape index (κ1) is 17.4. The lowest BCUT2D eigenvalue weighted by molar-refractivity contribution is -0.384. The second kappa shape index (κ2) is 7.37. The van der Waals surface area contributed by atoms with Gasteiger partial charge in [-0.1, -0.05) is 19.8 Å². The summed E-state index contributed by atoms with van der Waals surface area (Å²) < 4.78 is 27.0. The average molecular weight is 315 g/mol. The number of hydrogen-bond acceptors (Lipinski definition) is 5. The first-order valence-corrected chi connectivity index (χ1v) is 8.28. The van der Waals surface area contributed by atoms with Crippen molar-refractivity contribution in [3.8, 4) is 0 Å². The average Bonchev–Trinajstić information content (AvgIpc) is 2.43. The predicted octanol–water partition coefficient (Wildman–Crippen LogP) is 2.49. The molecule has 2 N–H and O–H groups in total. The molecule has 8 heteroatoms. The van der Waals surface area contributed by atoms with Crippen LogP contribution in [-0.4, -0.2) is 26.4 Å². The van der Waals surface area contributed by atoms with Crippen molar-refractivity contribution < 1.29 is 13.3 Å². The van der Waals surface area contributed by atoms with Crippen LogP contribution in [0, 0.1) is 10.1 Å². The molecule has 21 heavy (non-hydrogen) atoms. The Hall–Kier alpha value is -1.67. The number of nitro benzene ring substituents is 1. The smallest absolute Gasteiger partial charge is 0.293 e. The molecular weight excluding hydrogens is 294 g/mol. The number of nitro groups is 1. The zero-order chi connectivity index (χ0) is 16.0. The zero-order valence-corrected chi connectivity index (χ0v) is 13.2. The van der Waals surface area contributed by atoms with E-state index in [0.717, 1.165) is 25.3 Å². The summed E-state index contributed by atoms with van der Waals surface area (Å²) in [5.41, 5.74) is 0.0135. The van der Waals surface area contributed by atoms with Crippen LogP contribution in [0.2, 0.25) is 0 Å². The Morgan fingerprint density at radius 2 is 2.05 bits per heavy atom. The Labute approximate surface area is 124 Å². The third-order valence-electron chi connectivity index (χ3n) is 3.09. The quantitative estimate of drug-likeness (QED) is 0.567. The minimum atomic E-state index is -3.75. The first-order chi connectivity index (χ1) is 9.81. The van der Waals surface area contributed by atoms with Crippen molar-refractivity contribution in [1.82, 2.24) is 4.72 Å². The summed E-state index contributed by atoms with van der Waals surface area (Å²) in [7, 11) is -2.21. The van der Waals surface area contributed by atoms with Crippen molar-refractivity contribution in [2.75, 3.05) is 12.4 Å². The van der Waals surface area contributed by atoms with Gasteiger partial charge in [-0.25, -0.2) is 13.1 Å². The summed E-state index contributed by atoms with van der Waals surface area (Å²) in [6, 6.07) is 3.61. The summed E-state index contributed by atoms with van der Waals surface area (Å²) in [5, 5.41) is 13.6. The molecule has 1 unspecified atom stereocenters. The molecule has 0 aliphatic heterocycles. The van der Waals surface area contributed by atoms with Gasteiger partial charge in [0.05, 0.1) is 9.82 Å². The number of nitrogens with one attached hydrogen (secondary N) is 2. The predicted molar refractivity (Wildman–Crippen MR) is 82.0 cm³/mol. The van der Waals surface area contributed by atoms with E-state index < -0.39 is 14.9 Å². The maximum Gasteiger partial charge on any atom is 0.293 e. The molecule has 0 aliphatic rings. The van der Waals surface area contributed by atoms with Crippen molar-refractivity contribution >= 4 is 21.4 Å². The molecule has 7 nitrogen and oxygen atoms in total. The van der Waals surface area contributed by atoms with Gasteiger partial charge >= 0.3 is 0 Å². The Morgan fingerprint density at radius 3 is 2.57 bits per heavy atom. The fourth-order valence-corrected chi connectivity index (χ4v) is 3.24. The number of rotatable bonds is 8. The lowest BCUT2D eigenvalue weighted by atomic mass is 10.2. The van der Waals surface area contributed by atoms with E-state index in [1.807, 2.05) is 6.92 Å². The molecule has 0 amide bonds. The Kier molecular flexibility index (Phi) is 6.10. The highest BCUT2D eigenvalue weighted by atomic mass is 32.2. The van der Waals surface area contributed by atoms with Crippen LogP contribution in [0.4, 0.5) is 11.4 Å². The van der Waals surface area contributed by atoms with Gasteiger partial charge in [0.2, 0.25) is 10.0 Å². The van der Waals surface area contributed by atoms with Crippen LogP contribution in [0.15, 0.2) is 23.1 Å². The van der Waals surface area contributed by atoms with Crippen LogP contribution < -0.4 is 10.0 Å². The minimum absolute atomic E-state index is 0.100. The second-order valence-electron chi connectivity index (χ2n) is 4.85. The molecule has 0 heterocycles. The van der Waals surface area contributed by atoms with Crippen LogP contribution >= 0.6 is 0 Å². The molecule has 0 radical (unpaired) electrons. The standard InChI is InChI=1S/C13H21N3O4S/c1-4-5-6-10(2)15-21(19,20)11-7-8-12(14-3)13(9-11)16(17)18/h7-10,14-15H,4-6H2,1-3H3. The third-order valence-corrected chi connectivity index (χ3v) is 4.68. The molecule has 1 rings (SSSR count). The fraction of sp³-hybridized carbons (Fsp3) is 0.538. The number of hydrogen-bond donors (Lipinski definition) is 2. The SMILES string of the molecule is CCCCC(C)NS(=O)(=O)c1ccc(NC)c([N+](=O)[O-])c1. The number of sulfonamides is 1. The van der Waals surface area contributed by atoms with Gasteiger partial charge in [0.25, 0.3) is 5.69 Å². The number of unbranched alkanes of at least 4 members (excludes halogenated alkanes) is 1. The van der Waals surface area contributed by atoms with E-state index in [1.165, 1.54) is 12.1 Å². The third kappa shape index (κ3) is 4.68. The van der Waals surface area contributed by atoms with Gasteiger partial charge in [0.1, 0.15) is 5.69 Å². The minimum Gasteiger partial charge on any atom is -0.383 e. The summed E-state index contributed by atoms with van der Waals surface area (Å²) in [4.78, 5) is 10.3. The molecule has 0 aliphatic carbocycles. The van der Waals surface area contributed by atoms with Crippen molar-refractivity contribution in [2.45, 2.75) is 44.0 Å². The van der Waals surface area contributed by atoms with E-state index in [0.29, 0.717) is 0 Å². The Morgan fingerprint density at radius 1 is 1.38 bits per heavy atom. The van der Waals surface area contributed by atoms with Gasteiger partial charge in [0.15, 0.2) is 0 Å². The summed E-state index contributed by atoms with van der Waals surface area (Å²) >= 11 is 0. The van der Waals surface area contributed by atoms with Gasteiger partial charge in [0, 0.05) is 19.2 Å². The number of nitrogens with zero attached hydrogens (tertiary/aromatic N) is 1. The van der Waals surface area contributed by atoms with E-state index in [1.54, 1.807) is 14.0 Å². The van der Waals surface area contributed by atoms with Crippen LogP contribution in [0.3, 0.4) is 0 Å². The number of benzene rings is 1. The highest BCUT2D eigenvalue weighted by molar-refractivity contribution is 7.89. The molecule has 0 aromatic heterocycles. The second-order valence-corrected chi connectivity index (χ2v) is 6.56. The zero-order valence-electron chi connectivity index (χ0n) is 12.4. The largest absolute Gasteiger partial charge is 0.383 e. The van der Waals surface area contributed by atoms with Crippen molar-refractivity contribution in [2.24, 2.45) is 0 Å². The fourth-order valence-electron chi connectivity index (χ4n) is 1.94. The molecule has 0 spiro atoms. The molecule has 0 bridgehead atoms. The summed E-state index contributed by atoms with van der Waals surface area (Å²) in [6.07, 6.45) is 2.63. The van der Waals surface area contributed by atoms with Crippen LogP contribution in [0.1, 0.15) is 33.1 Å². The van der Waals surface area contributed by atoms with Crippen LogP contribution in [0.25, 0.3) is 0 Å². The first-order valence-electron chi connectivity index (χ1n) is 6.80. The molecule has 0 fully saturated rings. The van der Waals surface area contributed by atoms with Crippen molar-refractivity contribution in [1.29, 1.82) is 0 Å². The molecule has 1 atom stereocenters. The van der Waals surface area contributed by atoms with Gasteiger partial charge < -0.3 is 5.32 Å². The maximum atomic E-state index is 12.2. The number of anilines is 1. The Bertz CT molecular complexity index is 601. The summed E-state index contributed by atoms with van der Waals surface area (Å²) in [6.45, 7) is 3.81. The van der Waals surface area contributed by atoms with E-state index in [4.69, 9.17) is 0 Å². The highest BCUT2D eigenvalue weighted by Crippen LogP contribution is 2.27. The normalized spacial score (nSPS) is 12.9. The van der Waals surface area contributed by atoms with E-state index in [9.17, 15) is 18.5 Å². The molecule has 1 aromatic rings. The maximum absolute atomic E-state index is 12.2. The molecule has 0 saturated heterocycles. The Balaban J connectivity index is 3.03. The van der Waals surface area contributed by atoms with Gasteiger partial charge in [-0.05, 0) is 25.5 Å². The summed E-state index contributed by atoms with van der Waals surface area (Å²) in [5.74, 6) is 0. The van der Waals surface area contributed by atoms with E-state index in [2.05, 4.69) is 10.0 Å². The lowest BCUT2D eigenvalue weighted by Gasteiger charge is -2.14. The highest BCUT2D eigenvalue weighted by Gasteiger charge is 2.22. The topological polar surface area (TPSA) is 101 Å². The lowest BCUT2D eigenvalue weighted by Crippen LogP contribution is -2.32.